The third-order valence-electron chi connectivity index (χ3n) is 5.30. The van der Waals surface area contributed by atoms with Crippen LogP contribution >= 0.6 is 0 Å². The molecule has 0 N–H and O–H groups in total. The summed E-state index contributed by atoms with van der Waals surface area (Å²) < 4.78 is 43.3. The number of carbonyl (C=O) groups excluding carboxylic acids is 2. The van der Waals surface area contributed by atoms with Crippen molar-refractivity contribution >= 4 is 11.8 Å². The van der Waals surface area contributed by atoms with Crippen LogP contribution in [0.3, 0.4) is 0 Å². The highest BCUT2D eigenvalue weighted by atomic mass is 19.4. The first-order valence-corrected chi connectivity index (χ1v) is 10.5. The van der Waals surface area contributed by atoms with Crippen molar-refractivity contribution in [2.24, 2.45) is 0 Å². The SMILES string of the molecule is CC(C)(C)c1noc(CCCC(=O)N2CCN(C(=O)c3ccc(C(F)(F)F)cc3)CC2)n1. The molecule has 0 unspecified atom stereocenters. The molecule has 3 rings (SSSR count). The van der Waals surface area contributed by atoms with E-state index in [1.54, 1.807) is 9.80 Å². The number of aryl methyl sites for hydroxylation is 1. The van der Waals surface area contributed by atoms with Gasteiger partial charge in [0.05, 0.1) is 5.56 Å². The molecule has 32 heavy (non-hydrogen) atoms. The van der Waals surface area contributed by atoms with Crippen molar-refractivity contribution in [2.75, 3.05) is 26.2 Å². The van der Waals surface area contributed by atoms with E-state index < -0.39 is 11.7 Å². The van der Waals surface area contributed by atoms with Gasteiger partial charge in [0.1, 0.15) is 0 Å². The minimum absolute atomic E-state index is 0.0119. The average Bonchev–Trinajstić information content (AvgIpc) is 3.22. The van der Waals surface area contributed by atoms with E-state index in [9.17, 15) is 22.8 Å². The van der Waals surface area contributed by atoms with Gasteiger partial charge in [0, 0.05) is 50.0 Å². The van der Waals surface area contributed by atoms with Gasteiger partial charge in [-0.3, -0.25) is 9.59 Å². The minimum Gasteiger partial charge on any atom is -0.339 e. The van der Waals surface area contributed by atoms with E-state index >= 15 is 0 Å². The van der Waals surface area contributed by atoms with Gasteiger partial charge >= 0.3 is 6.18 Å². The van der Waals surface area contributed by atoms with Gasteiger partial charge in [-0.15, -0.1) is 0 Å². The van der Waals surface area contributed by atoms with Crippen LogP contribution in [0.25, 0.3) is 0 Å². The number of hydrogen-bond acceptors (Lipinski definition) is 5. The van der Waals surface area contributed by atoms with Gasteiger partial charge in [0.2, 0.25) is 11.8 Å². The molecule has 0 atom stereocenters. The molecule has 0 saturated carbocycles. The number of hydrogen-bond donors (Lipinski definition) is 0. The summed E-state index contributed by atoms with van der Waals surface area (Å²) in [7, 11) is 0. The predicted molar refractivity (Wildman–Crippen MR) is 110 cm³/mol. The van der Waals surface area contributed by atoms with Gasteiger partial charge in [-0.25, -0.2) is 0 Å². The van der Waals surface area contributed by atoms with Gasteiger partial charge in [-0.1, -0.05) is 25.9 Å². The van der Waals surface area contributed by atoms with E-state index in [0.717, 1.165) is 12.1 Å². The van der Waals surface area contributed by atoms with Crippen LogP contribution in [0.5, 0.6) is 0 Å². The van der Waals surface area contributed by atoms with Crippen LogP contribution in [0.2, 0.25) is 0 Å². The van der Waals surface area contributed by atoms with Crippen molar-refractivity contribution in [3.63, 3.8) is 0 Å². The van der Waals surface area contributed by atoms with Gasteiger partial charge in [0.15, 0.2) is 5.82 Å². The van der Waals surface area contributed by atoms with Gasteiger partial charge in [0.25, 0.3) is 5.91 Å². The summed E-state index contributed by atoms with van der Waals surface area (Å²) in [6.07, 6.45) is -3.01. The topological polar surface area (TPSA) is 79.5 Å². The second kappa shape index (κ2) is 9.30. The molecule has 0 spiro atoms. The molecule has 174 valence electrons. The fraction of sp³-hybridized carbons (Fsp3) is 0.545. The normalized spacial score (nSPS) is 15.2. The third kappa shape index (κ3) is 5.86. The molecule has 2 heterocycles. The number of piperazine rings is 1. The first-order chi connectivity index (χ1) is 14.9. The molecule has 1 aliphatic heterocycles. The van der Waals surface area contributed by atoms with Crippen LogP contribution in [0.4, 0.5) is 13.2 Å². The maximum atomic E-state index is 12.7. The Kier molecular flexibility index (Phi) is 6.90. The van der Waals surface area contributed by atoms with Gasteiger partial charge in [-0.05, 0) is 30.7 Å². The van der Waals surface area contributed by atoms with Gasteiger partial charge < -0.3 is 14.3 Å². The molecule has 10 heteroatoms. The summed E-state index contributed by atoms with van der Waals surface area (Å²) >= 11 is 0. The lowest BCUT2D eigenvalue weighted by molar-refractivity contribution is -0.137. The number of rotatable bonds is 5. The molecule has 1 aromatic heterocycles. The summed E-state index contributed by atoms with van der Waals surface area (Å²) in [6, 6.07) is 4.18. The van der Waals surface area contributed by atoms with Crippen molar-refractivity contribution in [1.82, 2.24) is 19.9 Å². The number of carbonyl (C=O) groups is 2. The molecule has 0 bridgehead atoms. The van der Waals surface area contributed by atoms with Crippen LogP contribution in [-0.4, -0.2) is 57.9 Å². The fourth-order valence-electron chi connectivity index (χ4n) is 3.35. The highest BCUT2D eigenvalue weighted by molar-refractivity contribution is 5.94. The number of nitrogens with zero attached hydrogens (tertiary/aromatic N) is 4. The van der Waals surface area contributed by atoms with Crippen molar-refractivity contribution in [3.8, 4) is 0 Å². The molecular formula is C22H27F3N4O3. The average molecular weight is 452 g/mol. The lowest BCUT2D eigenvalue weighted by Crippen LogP contribution is -2.50. The predicted octanol–water partition coefficient (Wildman–Crippen LogP) is 3.69. The number of halogens is 3. The molecule has 0 aliphatic carbocycles. The molecular weight excluding hydrogens is 425 g/mol. The lowest BCUT2D eigenvalue weighted by atomic mass is 9.96. The second-order valence-corrected chi connectivity index (χ2v) is 8.86. The smallest absolute Gasteiger partial charge is 0.339 e. The standard InChI is InChI=1S/C22H27F3N4O3/c1-21(2,3)20-26-17(32-27-20)5-4-6-18(30)28-11-13-29(14-12-28)19(31)15-7-9-16(10-8-15)22(23,24)25/h7-10H,4-6,11-14H2,1-3H3. The summed E-state index contributed by atoms with van der Waals surface area (Å²) in [4.78, 5) is 32.6. The van der Waals surface area contributed by atoms with Crippen LogP contribution in [0.1, 0.15) is 61.2 Å². The Morgan fingerprint density at radius 3 is 2.12 bits per heavy atom. The highest BCUT2D eigenvalue weighted by Gasteiger charge is 2.31. The number of alkyl halides is 3. The first kappa shape index (κ1) is 23.7. The monoisotopic (exact) mass is 452 g/mol. The van der Waals surface area contributed by atoms with Crippen LogP contribution in [-0.2, 0) is 22.8 Å². The molecule has 7 nitrogen and oxygen atoms in total. The van der Waals surface area contributed by atoms with Crippen molar-refractivity contribution in [2.45, 2.75) is 51.6 Å². The summed E-state index contributed by atoms with van der Waals surface area (Å²) in [6.45, 7) is 7.43. The van der Waals surface area contributed by atoms with E-state index in [4.69, 9.17) is 4.52 Å². The zero-order valence-corrected chi connectivity index (χ0v) is 18.4. The molecule has 2 amide bonds. The Morgan fingerprint density at radius 1 is 1.00 bits per heavy atom. The Morgan fingerprint density at radius 2 is 1.59 bits per heavy atom. The molecule has 1 saturated heterocycles. The maximum absolute atomic E-state index is 12.7. The Hall–Kier alpha value is -2.91. The van der Waals surface area contributed by atoms with Crippen molar-refractivity contribution in [3.05, 3.63) is 47.1 Å². The summed E-state index contributed by atoms with van der Waals surface area (Å²) in [5.41, 5.74) is -0.790. The minimum atomic E-state index is -4.44. The molecule has 2 aromatic rings. The van der Waals surface area contributed by atoms with Crippen LogP contribution in [0.15, 0.2) is 28.8 Å². The summed E-state index contributed by atoms with van der Waals surface area (Å²) in [5.74, 6) is 0.793. The van der Waals surface area contributed by atoms with E-state index in [-0.39, 0.29) is 22.8 Å². The highest BCUT2D eigenvalue weighted by Crippen LogP contribution is 2.29. The third-order valence-corrected chi connectivity index (χ3v) is 5.30. The quantitative estimate of drug-likeness (QED) is 0.691. The van der Waals surface area contributed by atoms with E-state index in [1.807, 2.05) is 20.8 Å². The van der Waals surface area contributed by atoms with E-state index in [2.05, 4.69) is 10.1 Å². The van der Waals surface area contributed by atoms with Crippen molar-refractivity contribution < 1.29 is 27.3 Å². The maximum Gasteiger partial charge on any atom is 0.416 e. The second-order valence-electron chi connectivity index (χ2n) is 8.86. The lowest BCUT2D eigenvalue weighted by Gasteiger charge is -2.35. The van der Waals surface area contributed by atoms with Crippen LogP contribution < -0.4 is 0 Å². The molecule has 1 fully saturated rings. The largest absolute Gasteiger partial charge is 0.416 e. The fourth-order valence-corrected chi connectivity index (χ4v) is 3.35. The number of benzene rings is 1. The Balaban J connectivity index is 1.44. The summed E-state index contributed by atoms with van der Waals surface area (Å²) in [5, 5.41) is 3.97. The first-order valence-electron chi connectivity index (χ1n) is 10.5. The van der Waals surface area contributed by atoms with Gasteiger partial charge in [-0.2, -0.15) is 18.2 Å². The number of amides is 2. The molecule has 1 aliphatic rings. The van der Waals surface area contributed by atoms with Crippen molar-refractivity contribution in [1.29, 1.82) is 0 Å². The Bertz CT molecular complexity index is 941. The Labute approximate surface area is 184 Å². The number of aromatic nitrogens is 2. The zero-order chi connectivity index (χ0) is 23.5. The van der Waals surface area contributed by atoms with E-state index in [1.165, 1.54) is 12.1 Å². The molecule has 0 radical (unpaired) electrons. The van der Waals surface area contributed by atoms with E-state index in [0.29, 0.717) is 57.2 Å². The van der Waals surface area contributed by atoms with Crippen LogP contribution in [0, 0.1) is 0 Å². The molecule has 1 aromatic carbocycles. The zero-order valence-electron chi connectivity index (χ0n) is 18.4.